The van der Waals surface area contributed by atoms with Crippen LogP contribution >= 0.6 is 0 Å². The number of carbonyl (C=O) groups excluding carboxylic acids is 1. The minimum atomic E-state index is -0.428. The van der Waals surface area contributed by atoms with E-state index in [1.807, 2.05) is 50.4 Å². The first-order valence-electron chi connectivity index (χ1n) is 10.8. The highest BCUT2D eigenvalue weighted by Gasteiger charge is 2.23. The van der Waals surface area contributed by atoms with Crippen molar-refractivity contribution in [2.24, 2.45) is 0 Å². The van der Waals surface area contributed by atoms with Crippen LogP contribution in [0.1, 0.15) is 37.0 Å². The van der Waals surface area contributed by atoms with Crippen LogP contribution in [-0.4, -0.2) is 35.2 Å². The lowest BCUT2D eigenvalue weighted by molar-refractivity contribution is 0.0915. The maximum Gasteiger partial charge on any atom is 0.271 e. The molecule has 0 saturated carbocycles. The van der Waals surface area contributed by atoms with E-state index in [0.29, 0.717) is 22.6 Å². The summed E-state index contributed by atoms with van der Waals surface area (Å²) < 4.78 is 17.4. The number of pyridine rings is 1. The van der Waals surface area contributed by atoms with Gasteiger partial charge in [0.2, 0.25) is 0 Å². The second kappa shape index (κ2) is 7.65. The van der Waals surface area contributed by atoms with Crippen molar-refractivity contribution in [2.75, 3.05) is 5.73 Å². The fourth-order valence-electron chi connectivity index (χ4n) is 3.91. The Hall–Kier alpha value is -4.27. The zero-order chi connectivity index (χ0) is 24.2. The Bertz CT molecular complexity index is 1560. The molecule has 3 N–H and O–H groups in total. The van der Waals surface area contributed by atoms with E-state index >= 15 is 0 Å². The molecule has 0 saturated heterocycles. The Labute approximate surface area is 195 Å². The molecule has 0 radical (unpaired) electrons. The number of nitrogens with two attached hydrogens (primary N) is 1. The number of aryl methyl sites for hydroxylation is 1. The molecule has 0 unspecified atom stereocenters. The van der Waals surface area contributed by atoms with Gasteiger partial charge in [0.1, 0.15) is 17.2 Å². The first-order chi connectivity index (χ1) is 16.1. The summed E-state index contributed by atoms with van der Waals surface area (Å²) in [6, 6.07) is 9.88. The Balaban J connectivity index is 1.80. The van der Waals surface area contributed by atoms with Gasteiger partial charge in [-0.2, -0.15) is 0 Å². The highest BCUT2D eigenvalue weighted by atomic mass is 19.1. The molecule has 1 amide bonds. The van der Waals surface area contributed by atoms with Crippen molar-refractivity contribution in [1.82, 2.24) is 29.1 Å². The first-order valence-corrected chi connectivity index (χ1v) is 10.8. The van der Waals surface area contributed by atoms with Gasteiger partial charge >= 0.3 is 0 Å². The number of imidazole rings is 2. The van der Waals surface area contributed by atoms with E-state index in [1.54, 1.807) is 28.9 Å². The third-order valence-electron chi connectivity index (χ3n) is 5.44. The molecule has 0 fully saturated rings. The smallest absolute Gasteiger partial charge is 0.271 e. The van der Waals surface area contributed by atoms with E-state index in [-0.39, 0.29) is 23.2 Å². The molecular weight excluding hydrogens is 433 g/mol. The number of amides is 1. The van der Waals surface area contributed by atoms with E-state index in [4.69, 9.17) is 5.73 Å². The molecule has 5 aromatic rings. The molecule has 34 heavy (non-hydrogen) atoms. The molecule has 4 heterocycles. The average molecular weight is 458 g/mol. The summed E-state index contributed by atoms with van der Waals surface area (Å²) in [5.41, 5.74) is 10.9. The molecule has 0 aliphatic rings. The SMILES string of the molecule is Cc1cnc2ccc(-c3c(-c4ccc(F)cc4)nc(N)c4nc(C(=O)NC(C)(C)C)cn34)cn12. The Morgan fingerprint density at radius 3 is 2.41 bits per heavy atom. The summed E-state index contributed by atoms with van der Waals surface area (Å²) in [6.45, 7) is 7.67. The lowest BCUT2D eigenvalue weighted by Crippen LogP contribution is -2.40. The van der Waals surface area contributed by atoms with Gasteiger partial charge in [-0.15, -0.1) is 0 Å². The first kappa shape index (κ1) is 21.6. The monoisotopic (exact) mass is 457 g/mol. The van der Waals surface area contributed by atoms with Crippen LogP contribution in [0.2, 0.25) is 0 Å². The molecule has 1 aromatic carbocycles. The number of hydrogen-bond acceptors (Lipinski definition) is 5. The summed E-state index contributed by atoms with van der Waals surface area (Å²) in [5, 5.41) is 2.93. The quantitative estimate of drug-likeness (QED) is 0.421. The molecule has 0 atom stereocenters. The average Bonchev–Trinajstić information content (AvgIpc) is 3.38. The van der Waals surface area contributed by atoms with Crippen LogP contribution in [0.25, 0.3) is 33.8 Å². The second-order valence-electron chi connectivity index (χ2n) is 9.27. The van der Waals surface area contributed by atoms with Crippen LogP contribution in [-0.2, 0) is 0 Å². The van der Waals surface area contributed by atoms with Crippen molar-refractivity contribution in [3.63, 3.8) is 0 Å². The summed E-state index contributed by atoms with van der Waals surface area (Å²) in [5.74, 6) is -0.498. The van der Waals surface area contributed by atoms with Crippen molar-refractivity contribution in [3.05, 3.63) is 72.2 Å². The Morgan fingerprint density at radius 1 is 1.00 bits per heavy atom. The molecule has 8 nitrogen and oxygen atoms in total. The van der Waals surface area contributed by atoms with Crippen LogP contribution in [0, 0.1) is 12.7 Å². The van der Waals surface area contributed by atoms with Crippen molar-refractivity contribution in [2.45, 2.75) is 33.2 Å². The lowest BCUT2D eigenvalue weighted by atomic mass is 10.0. The maximum absolute atomic E-state index is 13.7. The molecule has 9 heteroatoms. The van der Waals surface area contributed by atoms with Crippen molar-refractivity contribution in [3.8, 4) is 22.5 Å². The fourth-order valence-corrected chi connectivity index (χ4v) is 3.91. The third kappa shape index (κ3) is 3.75. The van der Waals surface area contributed by atoms with Gasteiger partial charge < -0.3 is 15.5 Å². The number of nitrogen functional groups attached to an aromatic ring is 1. The molecule has 0 bridgehead atoms. The van der Waals surface area contributed by atoms with Crippen molar-refractivity contribution >= 4 is 23.0 Å². The van der Waals surface area contributed by atoms with Gasteiger partial charge in [0.15, 0.2) is 11.5 Å². The van der Waals surface area contributed by atoms with Gasteiger partial charge in [0, 0.05) is 41.0 Å². The topological polar surface area (TPSA) is 103 Å². The number of anilines is 1. The Kier molecular flexibility index (Phi) is 4.85. The summed E-state index contributed by atoms with van der Waals surface area (Å²) >= 11 is 0. The number of carbonyl (C=O) groups is 1. The normalized spacial score (nSPS) is 11.9. The van der Waals surface area contributed by atoms with Crippen LogP contribution in [0.15, 0.2) is 55.0 Å². The molecule has 0 spiro atoms. The number of fused-ring (bicyclic) bond motifs is 2. The van der Waals surface area contributed by atoms with Gasteiger partial charge in [0.25, 0.3) is 5.91 Å². The van der Waals surface area contributed by atoms with Gasteiger partial charge in [-0.25, -0.2) is 19.3 Å². The van der Waals surface area contributed by atoms with Gasteiger partial charge in [-0.05, 0) is 64.1 Å². The van der Waals surface area contributed by atoms with E-state index in [0.717, 1.165) is 16.9 Å². The summed E-state index contributed by atoms with van der Waals surface area (Å²) in [7, 11) is 0. The number of hydrogen-bond donors (Lipinski definition) is 2. The predicted octanol–water partition coefficient (Wildman–Crippen LogP) is 4.27. The molecule has 0 aliphatic carbocycles. The fraction of sp³-hybridized carbons (Fsp3) is 0.200. The van der Waals surface area contributed by atoms with Crippen LogP contribution in [0.4, 0.5) is 10.2 Å². The van der Waals surface area contributed by atoms with Gasteiger partial charge in [-0.1, -0.05) is 0 Å². The predicted molar refractivity (Wildman–Crippen MR) is 129 cm³/mol. The van der Waals surface area contributed by atoms with Crippen LogP contribution in [0.3, 0.4) is 0 Å². The van der Waals surface area contributed by atoms with E-state index < -0.39 is 5.54 Å². The van der Waals surface area contributed by atoms with Crippen molar-refractivity contribution in [1.29, 1.82) is 0 Å². The summed E-state index contributed by atoms with van der Waals surface area (Å²) in [6.07, 6.45) is 5.40. The number of nitrogens with one attached hydrogen (secondary N) is 1. The zero-order valence-electron chi connectivity index (χ0n) is 19.3. The molecule has 4 aromatic heterocycles. The standard InChI is InChI=1S/C25H24FN7O/c1-14-11-28-19-10-7-16(12-32(14)19)21-20(15-5-8-17(26)9-6-15)30-22(27)23-29-18(13-33(21)23)24(34)31-25(2,3)4/h5-13H,1-4H3,(H2,27,30)(H,31,34). The largest absolute Gasteiger partial charge is 0.381 e. The highest BCUT2D eigenvalue weighted by Crippen LogP contribution is 2.34. The third-order valence-corrected chi connectivity index (χ3v) is 5.44. The van der Waals surface area contributed by atoms with E-state index in [9.17, 15) is 9.18 Å². The van der Waals surface area contributed by atoms with E-state index in [1.165, 1.54) is 12.1 Å². The van der Waals surface area contributed by atoms with Crippen LogP contribution in [0.5, 0.6) is 0 Å². The lowest BCUT2D eigenvalue weighted by Gasteiger charge is -2.19. The number of halogens is 1. The molecule has 0 aliphatic heterocycles. The number of benzene rings is 1. The second-order valence-corrected chi connectivity index (χ2v) is 9.27. The minimum absolute atomic E-state index is 0.165. The zero-order valence-corrected chi connectivity index (χ0v) is 19.3. The number of nitrogens with zero attached hydrogens (tertiary/aromatic N) is 5. The maximum atomic E-state index is 13.7. The molecule has 172 valence electrons. The number of rotatable bonds is 3. The van der Waals surface area contributed by atoms with Crippen LogP contribution < -0.4 is 11.1 Å². The minimum Gasteiger partial charge on any atom is -0.381 e. The van der Waals surface area contributed by atoms with E-state index in [2.05, 4.69) is 20.3 Å². The molecule has 5 rings (SSSR count). The Morgan fingerprint density at radius 2 is 1.71 bits per heavy atom. The van der Waals surface area contributed by atoms with Crippen molar-refractivity contribution < 1.29 is 9.18 Å². The number of aromatic nitrogens is 5. The summed E-state index contributed by atoms with van der Waals surface area (Å²) in [4.78, 5) is 26.4. The molecular formula is C25H24FN7O. The van der Waals surface area contributed by atoms with Gasteiger partial charge in [0.05, 0.1) is 11.4 Å². The highest BCUT2D eigenvalue weighted by molar-refractivity contribution is 5.94. The van der Waals surface area contributed by atoms with Gasteiger partial charge in [-0.3, -0.25) is 9.20 Å².